The number of carbonyl (C=O) groups is 1. The van der Waals surface area contributed by atoms with E-state index in [0.29, 0.717) is 6.54 Å². The maximum atomic E-state index is 12.8. The summed E-state index contributed by atoms with van der Waals surface area (Å²) in [4.78, 5) is 16.8. The molecule has 0 saturated heterocycles. The zero-order valence-electron chi connectivity index (χ0n) is 12.7. The first-order valence-electron chi connectivity index (χ1n) is 7.61. The number of nitrogens with one attached hydrogen (secondary N) is 1. The van der Waals surface area contributed by atoms with E-state index in [1.165, 1.54) is 0 Å². The van der Waals surface area contributed by atoms with Crippen molar-refractivity contribution in [2.45, 2.75) is 12.5 Å². The van der Waals surface area contributed by atoms with E-state index in [2.05, 4.69) is 10.3 Å². The molecule has 0 bridgehead atoms. The van der Waals surface area contributed by atoms with Gasteiger partial charge in [0, 0.05) is 18.9 Å². The number of hydrogen-bond acceptors (Lipinski definition) is 2. The Balaban J connectivity index is 1.82. The maximum absolute atomic E-state index is 12.8. The summed E-state index contributed by atoms with van der Waals surface area (Å²) in [6.07, 6.45) is 3.46. The molecular weight excluding hydrogens is 284 g/mol. The van der Waals surface area contributed by atoms with E-state index in [1.807, 2.05) is 72.8 Å². The summed E-state index contributed by atoms with van der Waals surface area (Å²) in [6.45, 7) is 0.498. The molecule has 1 amide bonds. The molecule has 0 aliphatic carbocycles. The fourth-order valence-electron chi connectivity index (χ4n) is 2.58. The fourth-order valence-corrected chi connectivity index (χ4v) is 2.58. The number of carbonyl (C=O) groups excluding carboxylic acids is 1. The predicted octanol–water partition coefficient (Wildman–Crippen LogP) is 3.53. The van der Waals surface area contributed by atoms with Crippen molar-refractivity contribution in [3.8, 4) is 0 Å². The molecule has 0 saturated carbocycles. The zero-order chi connectivity index (χ0) is 15.9. The van der Waals surface area contributed by atoms with Crippen LogP contribution in [0.1, 0.15) is 22.6 Å². The van der Waals surface area contributed by atoms with Gasteiger partial charge in [-0.05, 0) is 28.8 Å². The van der Waals surface area contributed by atoms with Crippen LogP contribution >= 0.6 is 0 Å². The van der Waals surface area contributed by atoms with Gasteiger partial charge in [0.2, 0.25) is 5.91 Å². The molecule has 0 unspecified atom stereocenters. The van der Waals surface area contributed by atoms with Crippen molar-refractivity contribution in [1.29, 1.82) is 0 Å². The van der Waals surface area contributed by atoms with Crippen LogP contribution in [0.5, 0.6) is 0 Å². The molecule has 0 spiro atoms. The molecule has 3 aromatic rings. The largest absolute Gasteiger partial charge is 0.351 e. The van der Waals surface area contributed by atoms with E-state index in [4.69, 9.17) is 0 Å². The predicted molar refractivity (Wildman–Crippen MR) is 90.8 cm³/mol. The number of amides is 1. The Labute approximate surface area is 136 Å². The lowest BCUT2D eigenvalue weighted by atomic mass is 9.90. The molecule has 114 valence electrons. The maximum Gasteiger partial charge on any atom is 0.232 e. The average molecular weight is 302 g/mol. The third-order valence-corrected chi connectivity index (χ3v) is 3.74. The minimum absolute atomic E-state index is 0.000729. The minimum atomic E-state index is -0.306. The third-order valence-electron chi connectivity index (χ3n) is 3.74. The lowest BCUT2D eigenvalue weighted by molar-refractivity contribution is -0.121. The van der Waals surface area contributed by atoms with Crippen LogP contribution in [0.2, 0.25) is 0 Å². The normalized spacial score (nSPS) is 10.5. The van der Waals surface area contributed by atoms with Gasteiger partial charge in [0.15, 0.2) is 0 Å². The second-order valence-corrected chi connectivity index (χ2v) is 5.33. The van der Waals surface area contributed by atoms with Crippen LogP contribution in [0.25, 0.3) is 0 Å². The summed E-state index contributed by atoms with van der Waals surface area (Å²) in [5.74, 6) is -0.307. The van der Waals surface area contributed by atoms with Gasteiger partial charge in [0.1, 0.15) is 0 Å². The van der Waals surface area contributed by atoms with Gasteiger partial charge >= 0.3 is 0 Å². The third kappa shape index (κ3) is 3.83. The standard InChI is InChI=1S/C20H18N2O/c23-20(22-15-16-11-13-21-14-12-16)19(17-7-3-1-4-8-17)18-9-5-2-6-10-18/h1-14,19H,15H2,(H,22,23). The summed E-state index contributed by atoms with van der Waals surface area (Å²) in [5.41, 5.74) is 3.02. The lowest BCUT2D eigenvalue weighted by Gasteiger charge is -2.18. The number of aromatic nitrogens is 1. The molecule has 0 radical (unpaired) electrons. The highest BCUT2D eigenvalue weighted by molar-refractivity contribution is 5.87. The van der Waals surface area contributed by atoms with Crippen molar-refractivity contribution in [3.05, 3.63) is 102 Å². The molecule has 1 N–H and O–H groups in total. The van der Waals surface area contributed by atoms with Crippen LogP contribution in [0, 0.1) is 0 Å². The van der Waals surface area contributed by atoms with Gasteiger partial charge in [-0.15, -0.1) is 0 Å². The zero-order valence-corrected chi connectivity index (χ0v) is 12.7. The second kappa shape index (κ2) is 7.36. The molecule has 1 aromatic heterocycles. The highest BCUT2D eigenvalue weighted by atomic mass is 16.1. The van der Waals surface area contributed by atoms with Gasteiger partial charge in [-0.3, -0.25) is 9.78 Å². The molecule has 1 heterocycles. The smallest absolute Gasteiger partial charge is 0.232 e. The summed E-state index contributed by atoms with van der Waals surface area (Å²) in [6, 6.07) is 23.5. The van der Waals surface area contributed by atoms with Gasteiger partial charge in [0.05, 0.1) is 5.92 Å². The fraction of sp³-hybridized carbons (Fsp3) is 0.100. The van der Waals surface area contributed by atoms with E-state index in [1.54, 1.807) is 12.4 Å². The molecule has 0 aliphatic rings. The molecule has 3 rings (SSSR count). The second-order valence-electron chi connectivity index (χ2n) is 5.33. The Hall–Kier alpha value is -2.94. The van der Waals surface area contributed by atoms with Crippen LogP contribution in [0.3, 0.4) is 0 Å². The number of hydrogen-bond donors (Lipinski definition) is 1. The molecule has 2 aromatic carbocycles. The molecule has 3 heteroatoms. The summed E-state index contributed by atoms with van der Waals surface area (Å²) < 4.78 is 0. The van der Waals surface area contributed by atoms with Gasteiger partial charge < -0.3 is 5.32 Å². The quantitative estimate of drug-likeness (QED) is 0.783. The number of nitrogens with zero attached hydrogens (tertiary/aromatic N) is 1. The summed E-state index contributed by atoms with van der Waals surface area (Å²) in [5, 5.41) is 3.03. The molecule has 23 heavy (non-hydrogen) atoms. The molecule has 3 nitrogen and oxygen atoms in total. The van der Waals surface area contributed by atoms with Crippen LogP contribution in [0.15, 0.2) is 85.2 Å². The SMILES string of the molecule is O=C(NCc1ccncc1)C(c1ccccc1)c1ccccc1. The minimum Gasteiger partial charge on any atom is -0.351 e. The lowest BCUT2D eigenvalue weighted by Crippen LogP contribution is -2.29. The topological polar surface area (TPSA) is 42.0 Å². The first-order chi connectivity index (χ1) is 11.3. The van der Waals surface area contributed by atoms with Crippen LogP contribution in [-0.4, -0.2) is 10.9 Å². The Kier molecular flexibility index (Phi) is 4.79. The van der Waals surface area contributed by atoms with Crippen molar-refractivity contribution in [1.82, 2.24) is 10.3 Å². The highest BCUT2D eigenvalue weighted by Gasteiger charge is 2.22. The van der Waals surface area contributed by atoms with Crippen LogP contribution in [-0.2, 0) is 11.3 Å². The summed E-state index contributed by atoms with van der Waals surface area (Å²) >= 11 is 0. The Morgan fingerprint density at radius 2 is 1.35 bits per heavy atom. The highest BCUT2D eigenvalue weighted by Crippen LogP contribution is 2.24. The molecular formula is C20H18N2O. The van der Waals surface area contributed by atoms with Gasteiger partial charge in [-0.2, -0.15) is 0 Å². The van der Waals surface area contributed by atoms with E-state index >= 15 is 0 Å². The van der Waals surface area contributed by atoms with Gasteiger partial charge in [-0.1, -0.05) is 60.7 Å². The van der Waals surface area contributed by atoms with Gasteiger partial charge in [-0.25, -0.2) is 0 Å². The van der Waals surface area contributed by atoms with E-state index in [-0.39, 0.29) is 11.8 Å². The first kappa shape index (κ1) is 15.0. The van der Waals surface area contributed by atoms with E-state index < -0.39 is 0 Å². The summed E-state index contributed by atoms with van der Waals surface area (Å²) in [7, 11) is 0. The van der Waals surface area contributed by atoms with E-state index in [9.17, 15) is 4.79 Å². The molecule has 0 atom stereocenters. The van der Waals surface area contributed by atoms with Crippen molar-refractivity contribution < 1.29 is 4.79 Å². The van der Waals surface area contributed by atoms with Crippen molar-refractivity contribution in [2.24, 2.45) is 0 Å². The van der Waals surface area contributed by atoms with Crippen molar-refractivity contribution in [2.75, 3.05) is 0 Å². The Morgan fingerprint density at radius 3 is 1.87 bits per heavy atom. The monoisotopic (exact) mass is 302 g/mol. The Morgan fingerprint density at radius 1 is 0.826 bits per heavy atom. The van der Waals surface area contributed by atoms with Crippen molar-refractivity contribution in [3.63, 3.8) is 0 Å². The van der Waals surface area contributed by atoms with E-state index in [0.717, 1.165) is 16.7 Å². The van der Waals surface area contributed by atoms with Gasteiger partial charge in [0.25, 0.3) is 0 Å². The first-order valence-corrected chi connectivity index (χ1v) is 7.61. The van der Waals surface area contributed by atoms with Crippen LogP contribution in [0.4, 0.5) is 0 Å². The number of rotatable bonds is 5. The Bertz CT molecular complexity index is 703. The molecule has 0 aliphatic heterocycles. The number of pyridine rings is 1. The van der Waals surface area contributed by atoms with Crippen molar-refractivity contribution >= 4 is 5.91 Å². The molecule has 0 fully saturated rings. The average Bonchev–Trinajstić information content (AvgIpc) is 2.63. The number of benzene rings is 2. The van der Waals surface area contributed by atoms with Crippen LogP contribution < -0.4 is 5.32 Å².